The highest BCUT2D eigenvalue weighted by molar-refractivity contribution is 6.06. The zero-order valence-electron chi connectivity index (χ0n) is 27.3. The average Bonchev–Trinajstić information content (AvgIpc) is 3.15. The lowest BCUT2D eigenvalue weighted by Gasteiger charge is -2.10. The third-order valence-electron chi connectivity index (χ3n) is 7.72. The Bertz CT molecular complexity index is 1710. The van der Waals surface area contributed by atoms with Crippen LogP contribution in [0.25, 0.3) is 23.3 Å². The van der Waals surface area contributed by atoms with Gasteiger partial charge in [0.15, 0.2) is 5.78 Å². The van der Waals surface area contributed by atoms with Gasteiger partial charge in [0, 0.05) is 5.56 Å². The first-order valence-electron chi connectivity index (χ1n) is 16.5. The molecule has 244 valence electrons. The summed E-state index contributed by atoms with van der Waals surface area (Å²) in [6.07, 6.45) is 9.51. The van der Waals surface area contributed by atoms with Gasteiger partial charge in [0.05, 0.1) is 13.2 Å². The molecule has 0 aliphatic heterocycles. The maximum absolute atomic E-state index is 12.3. The predicted octanol–water partition coefficient (Wildman–Crippen LogP) is 10.4. The van der Waals surface area contributed by atoms with E-state index in [1.165, 1.54) is 0 Å². The van der Waals surface area contributed by atoms with E-state index in [0.717, 1.165) is 77.5 Å². The molecule has 0 heterocycles. The molecule has 48 heavy (non-hydrogen) atoms. The van der Waals surface area contributed by atoms with Gasteiger partial charge in [-0.1, -0.05) is 97.6 Å². The average molecular weight is 639 g/mol. The van der Waals surface area contributed by atoms with E-state index in [-0.39, 0.29) is 5.78 Å². The summed E-state index contributed by atoms with van der Waals surface area (Å²) in [6.45, 7) is 6.06. The third-order valence-corrected chi connectivity index (χ3v) is 7.72. The van der Waals surface area contributed by atoms with Crippen molar-refractivity contribution in [2.45, 2.75) is 25.7 Å². The number of allylic oxidation sites excluding steroid dienone is 1. The van der Waals surface area contributed by atoms with Crippen molar-refractivity contribution in [2.75, 3.05) is 26.4 Å². The smallest absolute Gasteiger partial charge is 0.185 e. The Morgan fingerprint density at radius 3 is 1.35 bits per heavy atom. The van der Waals surface area contributed by atoms with Crippen molar-refractivity contribution >= 4 is 17.9 Å². The van der Waals surface area contributed by atoms with E-state index in [0.29, 0.717) is 25.4 Å². The molecule has 5 aromatic carbocycles. The topological polar surface area (TPSA) is 54.0 Å². The summed E-state index contributed by atoms with van der Waals surface area (Å²) in [5.41, 5.74) is 4.94. The van der Waals surface area contributed by atoms with Crippen LogP contribution in [0.4, 0.5) is 0 Å². The van der Waals surface area contributed by atoms with E-state index in [9.17, 15) is 4.79 Å². The lowest BCUT2D eigenvalue weighted by atomic mass is 10.1. The quantitative estimate of drug-likeness (QED) is 0.0512. The first-order chi connectivity index (χ1) is 23.7. The molecule has 0 saturated carbocycles. The standard InChI is InChI=1S/C43H42O5/c1-2-34-12-21-39(22-13-34)45-30-8-3-4-9-31-46-41-25-17-36(18-26-41)37-19-27-42(28-20-37)48-33-32-47-40-23-14-35(15-24-40)16-29-43(44)38-10-6-5-7-11-38/h2,5-7,10-29H,1,3-4,8-9,30-33H2. The molecule has 0 amide bonds. The molecule has 0 saturated heterocycles. The molecule has 5 aromatic rings. The van der Waals surface area contributed by atoms with Gasteiger partial charge in [-0.2, -0.15) is 0 Å². The highest BCUT2D eigenvalue weighted by Crippen LogP contribution is 2.25. The zero-order valence-corrected chi connectivity index (χ0v) is 27.3. The number of ketones is 1. The first kappa shape index (κ1) is 33.8. The Balaban J connectivity index is 0.936. The highest BCUT2D eigenvalue weighted by atomic mass is 16.5. The second-order valence-electron chi connectivity index (χ2n) is 11.3. The largest absolute Gasteiger partial charge is 0.494 e. The number of ether oxygens (including phenoxy) is 4. The Morgan fingerprint density at radius 1 is 0.479 bits per heavy atom. The van der Waals surface area contributed by atoms with Gasteiger partial charge in [-0.3, -0.25) is 4.79 Å². The summed E-state index contributed by atoms with van der Waals surface area (Å²) in [5.74, 6) is 3.31. The molecule has 0 unspecified atom stereocenters. The second kappa shape index (κ2) is 18.6. The molecule has 0 aromatic heterocycles. The third kappa shape index (κ3) is 11.1. The van der Waals surface area contributed by atoms with Crippen molar-refractivity contribution in [1.29, 1.82) is 0 Å². The number of carbonyl (C=O) groups excluding carboxylic acids is 1. The summed E-state index contributed by atoms with van der Waals surface area (Å²) in [5, 5.41) is 0. The van der Waals surface area contributed by atoms with Gasteiger partial charge < -0.3 is 18.9 Å². The zero-order chi connectivity index (χ0) is 33.2. The second-order valence-corrected chi connectivity index (χ2v) is 11.3. The van der Waals surface area contributed by atoms with Crippen LogP contribution in [0.3, 0.4) is 0 Å². The van der Waals surface area contributed by atoms with Crippen molar-refractivity contribution in [3.63, 3.8) is 0 Å². The van der Waals surface area contributed by atoms with Crippen LogP contribution in [-0.2, 0) is 0 Å². The minimum absolute atomic E-state index is 0.0214. The number of unbranched alkanes of at least 4 members (excludes halogenated alkanes) is 3. The summed E-state index contributed by atoms with van der Waals surface area (Å²) in [4.78, 5) is 12.3. The fourth-order valence-electron chi connectivity index (χ4n) is 4.99. The minimum atomic E-state index is -0.0214. The number of carbonyl (C=O) groups is 1. The Hall–Kier alpha value is -5.55. The van der Waals surface area contributed by atoms with E-state index in [4.69, 9.17) is 18.9 Å². The predicted molar refractivity (Wildman–Crippen MR) is 195 cm³/mol. The normalized spacial score (nSPS) is 10.8. The van der Waals surface area contributed by atoms with Crippen LogP contribution in [0, 0.1) is 0 Å². The fraction of sp³-hybridized carbons (Fsp3) is 0.186. The monoisotopic (exact) mass is 638 g/mol. The fourth-order valence-corrected chi connectivity index (χ4v) is 4.99. The molecule has 0 radical (unpaired) electrons. The van der Waals surface area contributed by atoms with Crippen molar-refractivity contribution in [1.82, 2.24) is 0 Å². The lowest BCUT2D eigenvalue weighted by Crippen LogP contribution is -2.08. The molecule has 0 aliphatic rings. The van der Waals surface area contributed by atoms with Crippen molar-refractivity contribution in [2.24, 2.45) is 0 Å². The van der Waals surface area contributed by atoms with Gasteiger partial charge in [0.2, 0.25) is 0 Å². The Kier molecular flexibility index (Phi) is 13.1. The number of rotatable bonds is 19. The van der Waals surface area contributed by atoms with Crippen LogP contribution in [0.1, 0.15) is 47.2 Å². The summed E-state index contributed by atoms with van der Waals surface area (Å²) in [7, 11) is 0. The molecule has 5 nitrogen and oxygen atoms in total. The van der Waals surface area contributed by atoms with Crippen LogP contribution in [0.15, 0.2) is 140 Å². The first-order valence-corrected chi connectivity index (χ1v) is 16.5. The van der Waals surface area contributed by atoms with Crippen LogP contribution in [-0.4, -0.2) is 32.2 Å². The van der Waals surface area contributed by atoms with Crippen molar-refractivity contribution < 1.29 is 23.7 Å². The van der Waals surface area contributed by atoms with Crippen LogP contribution < -0.4 is 18.9 Å². The van der Waals surface area contributed by atoms with Crippen LogP contribution in [0.2, 0.25) is 0 Å². The summed E-state index contributed by atoms with van der Waals surface area (Å²) >= 11 is 0. The molecular weight excluding hydrogens is 596 g/mol. The number of hydrogen-bond donors (Lipinski definition) is 0. The molecule has 5 heteroatoms. The van der Waals surface area contributed by atoms with Gasteiger partial charge in [-0.25, -0.2) is 0 Å². The van der Waals surface area contributed by atoms with E-state index < -0.39 is 0 Å². The summed E-state index contributed by atoms with van der Waals surface area (Å²) in [6, 6.07) is 41.1. The van der Waals surface area contributed by atoms with E-state index in [1.807, 2.05) is 115 Å². The van der Waals surface area contributed by atoms with Gasteiger partial charge in [-0.05, 0) is 103 Å². The molecule has 0 aliphatic carbocycles. The number of benzene rings is 5. The van der Waals surface area contributed by atoms with E-state index in [2.05, 4.69) is 30.8 Å². The van der Waals surface area contributed by atoms with Gasteiger partial charge in [0.1, 0.15) is 36.2 Å². The number of hydrogen-bond acceptors (Lipinski definition) is 5. The van der Waals surface area contributed by atoms with Crippen LogP contribution >= 0.6 is 0 Å². The molecule has 0 fully saturated rings. The van der Waals surface area contributed by atoms with Crippen molar-refractivity contribution in [3.8, 4) is 34.1 Å². The lowest BCUT2D eigenvalue weighted by molar-refractivity contribution is 0.104. The molecule has 0 spiro atoms. The van der Waals surface area contributed by atoms with E-state index in [1.54, 1.807) is 6.08 Å². The summed E-state index contributed by atoms with van der Waals surface area (Å²) < 4.78 is 23.5. The van der Waals surface area contributed by atoms with Gasteiger partial charge in [-0.15, -0.1) is 0 Å². The molecule has 5 rings (SSSR count). The van der Waals surface area contributed by atoms with Crippen molar-refractivity contribution in [3.05, 3.63) is 157 Å². The molecule has 0 atom stereocenters. The Labute approximate surface area is 284 Å². The van der Waals surface area contributed by atoms with E-state index >= 15 is 0 Å². The molecule has 0 bridgehead atoms. The maximum Gasteiger partial charge on any atom is 0.185 e. The van der Waals surface area contributed by atoms with Gasteiger partial charge in [0.25, 0.3) is 0 Å². The molecular formula is C43H42O5. The Morgan fingerprint density at radius 2 is 0.896 bits per heavy atom. The highest BCUT2D eigenvalue weighted by Gasteiger charge is 2.03. The van der Waals surface area contributed by atoms with Crippen LogP contribution in [0.5, 0.6) is 23.0 Å². The SMILES string of the molecule is C=Cc1ccc(OCCCCCCOc2ccc(-c3ccc(OCCOc4ccc(C=CC(=O)c5ccccc5)cc4)cc3)cc2)cc1. The van der Waals surface area contributed by atoms with Gasteiger partial charge >= 0.3 is 0 Å². The molecule has 0 N–H and O–H groups in total. The maximum atomic E-state index is 12.3. The minimum Gasteiger partial charge on any atom is -0.494 e.